The van der Waals surface area contributed by atoms with Crippen molar-refractivity contribution in [1.82, 2.24) is 14.5 Å². The van der Waals surface area contributed by atoms with E-state index in [1.165, 1.54) is 9.71 Å². The standard InChI is InChI=1S/C19H29N3O3S/c1-2-3-7-11-20-19(23)17-21-12-14-22(15-13-21)26(24,25)16-10-18-8-5-4-6-9-18/h4-6,8-10,16H,2-3,7,11-15,17H2,1H3,(H,20,23)/b16-10+. The normalized spacial score (nSPS) is 16.8. The smallest absolute Gasteiger partial charge is 0.236 e. The number of hydrogen-bond donors (Lipinski definition) is 1. The molecule has 0 radical (unpaired) electrons. The van der Waals surface area contributed by atoms with E-state index >= 15 is 0 Å². The SMILES string of the molecule is CCCCCNC(=O)CN1CCN(S(=O)(=O)/C=C/c2ccccc2)CC1. The van der Waals surface area contributed by atoms with Crippen LogP contribution >= 0.6 is 0 Å². The summed E-state index contributed by atoms with van der Waals surface area (Å²) in [5.74, 6) is 0.0152. The summed E-state index contributed by atoms with van der Waals surface area (Å²) < 4.78 is 26.3. The van der Waals surface area contributed by atoms with Crippen LogP contribution in [0.5, 0.6) is 0 Å². The molecule has 6 nitrogen and oxygen atoms in total. The molecule has 1 aliphatic heterocycles. The maximum Gasteiger partial charge on any atom is 0.236 e. The van der Waals surface area contributed by atoms with Crippen molar-refractivity contribution in [2.45, 2.75) is 26.2 Å². The number of carbonyl (C=O) groups is 1. The lowest BCUT2D eigenvalue weighted by Gasteiger charge is -2.32. The van der Waals surface area contributed by atoms with Crippen LogP contribution in [0.3, 0.4) is 0 Å². The van der Waals surface area contributed by atoms with E-state index in [1.807, 2.05) is 35.2 Å². The Morgan fingerprint density at radius 3 is 2.46 bits per heavy atom. The second-order valence-electron chi connectivity index (χ2n) is 6.49. The molecule has 1 fully saturated rings. The fourth-order valence-corrected chi connectivity index (χ4v) is 3.99. The predicted molar refractivity (Wildman–Crippen MR) is 105 cm³/mol. The van der Waals surface area contributed by atoms with Gasteiger partial charge in [0.05, 0.1) is 6.54 Å². The lowest BCUT2D eigenvalue weighted by Crippen LogP contribution is -2.50. The van der Waals surface area contributed by atoms with Crippen LogP contribution in [0.1, 0.15) is 31.7 Å². The fraction of sp³-hybridized carbons (Fsp3) is 0.526. The summed E-state index contributed by atoms with van der Waals surface area (Å²) in [5, 5.41) is 4.18. The second kappa shape index (κ2) is 10.4. The van der Waals surface area contributed by atoms with E-state index in [1.54, 1.807) is 6.08 Å². The van der Waals surface area contributed by atoms with Crippen LogP contribution in [0.15, 0.2) is 35.7 Å². The molecule has 7 heteroatoms. The molecular weight excluding hydrogens is 350 g/mol. The van der Waals surface area contributed by atoms with Crippen molar-refractivity contribution >= 4 is 22.0 Å². The molecule has 0 unspecified atom stereocenters. The van der Waals surface area contributed by atoms with E-state index in [-0.39, 0.29) is 5.91 Å². The zero-order valence-electron chi connectivity index (χ0n) is 15.4. The highest BCUT2D eigenvalue weighted by molar-refractivity contribution is 7.92. The summed E-state index contributed by atoms with van der Waals surface area (Å²) >= 11 is 0. The monoisotopic (exact) mass is 379 g/mol. The van der Waals surface area contributed by atoms with Crippen molar-refractivity contribution in [1.29, 1.82) is 0 Å². The van der Waals surface area contributed by atoms with Gasteiger partial charge in [0.15, 0.2) is 0 Å². The minimum absolute atomic E-state index is 0.0152. The molecule has 0 atom stereocenters. The lowest BCUT2D eigenvalue weighted by molar-refractivity contribution is -0.122. The predicted octanol–water partition coefficient (Wildman–Crippen LogP) is 1.91. The van der Waals surface area contributed by atoms with Gasteiger partial charge in [0.25, 0.3) is 0 Å². The first kappa shape index (κ1) is 20.6. The van der Waals surface area contributed by atoms with Gasteiger partial charge in [-0.3, -0.25) is 9.69 Å². The second-order valence-corrected chi connectivity index (χ2v) is 8.31. The average molecular weight is 380 g/mol. The van der Waals surface area contributed by atoms with Gasteiger partial charge in [-0.15, -0.1) is 0 Å². The average Bonchev–Trinajstić information content (AvgIpc) is 2.65. The van der Waals surface area contributed by atoms with Crippen LogP contribution in [0.25, 0.3) is 6.08 Å². The fourth-order valence-electron chi connectivity index (χ4n) is 2.82. The maximum absolute atomic E-state index is 12.4. The van der Waals surface area contributed by atoms with Gasteiger partial charge >= 0.3 is 0 Å². The number of piperazine rings is 1. The van der Waals surface area contributed by atoms with Crippen LogP contribution in [-0.4, -0.2) is 62.8 Å². The highest BCUT2D eigenvalue weighted by Gasteiger charge is 2.25. The van der Waals surface area contributed by atoms with E-state index in [0.29, 0.717) is 39.3 Å². The molecule has 1 aromatic carbocycles. The lowest BCUT2D eigenvalue weighted by atomic mass is 10.2. The highest BCUT2D eigenvalue weighted by atomic mass is 32.2. The maximum atomic E-state index is 12.4. The quantitative estimate of drug-likeness (QED) is 0.666. The number of amides is 1. The zero-order valence-corrected chi connectivity index (χ0v) is 16.2. The third-order valence-corrected chi connectivity index (χ3v) is 5.96. The number of hydrogen-bond acceptors (Lipinski definition) is 4. The zero-order chi connectivity index (χ0) is 18.8. The topological polar surface area (TPSA) is 69.7 Å². The van der Waals surface area contributed by atoms with Gasteiger partial charge in [0.1, 0.15) is 0 Å². The third-order valence-electron chi connectivity index (χ3n) is 4.39. The van der Waals surface area contributed by atoms with Crippen molar-refractivity contribution in [3.63, 3.8) is 0 Å². The van der Waals surface area contributed by atoms with Crippen molar-refractivity contribution in [2.24, 2.45) is 0 Å². The summed E-state index contributed by atoms with van der Waals surface area (Å²) in [6.07, 6.45) is 4.87. The number of sulfonamides is 1. The summed E-state index contributed by atoms with van der Waals surface area (Å²) in [4.78, 5) is 13.9. The molecule has 2 rings (SSSR count). The molecule has 1 N–H and O–H groups in total. The number of carbonyl (C=O) groups excluding carboxylic acids is 1. The molecule has 1 saturated heterocycles. The Labute approximate surface area is 156 Å². The summed E-state index contributed by atoms with van der Waals surface area (Å²) in [6.45, 7) is 5.13. The largest absolute Gasteiger partial charge is 0.355 e. The highest BCUT2D eigenvalue weighted by Crippen LogP contribution is 2.11. The summed E-state index contributed by atoms with van der Waals surface area (Å²) in [5.41, 5.74) is 0.856. The molecule has 0 aliphatic carbocycles. The van der Waals surface area contributed by atoms with Gasteiger partial charge in [0, 0.05) is 38.1 Å². The van der Waals surface area contributed by atoms with Gasteiger partial charge in [-0.05, 0) is 18.1 Å². The van der Waals surface area contributed by atoms with Crippen LogP contribution in [0, 0.1) is 0 Å². The Bertz CT molecular complexity index is 681. The minimum Gasteiger partial charge on any atom is -0.355 e. The molecule has 1 heterocycles. The van der Waals surface area contributed by atoms with Crippen molar-refractivity contribution in [3.05, 3.63) is 41.3 Å². The molecule has 0 saturated carbocycles. The molecule has 26 heavy (non-hydrogen) atoms. The number of benzene rings is 1. The van der Waals surface area contributed by atoms with Crippen LogP contribution in [-0.2, 0) is 14.8 Å². The number of unbranched alkanes of at least 4 members (excludes halogenated alkanes) is 2. The molecule has 0 aromatic heterocycles. The molecule has 0 bridgehead atoms. The molecule has 1 aliphatic rings. The van der Waals surface area contributed by atoms with E-state index in [2.05, 4.69) is 12.2 Å². The first-order chi connectivity index (χ1) is 12.5. The molecular formula is C19H29N3O3S. The Kier molecular flexibility index (Phi) is 8.28. The number of rotatable bonds is 9. The summed E-state index contributed by atoms with van der Waals surface area (Å²) in [6, 6.07) is 9.37. The molecule has 144 valence electrons. The van der Waals surface area contributed by atoms with Gasteiger partial charge in [-0.2, -0.15) is 4.31 Å². The van der Waals surface area contributed by atoms with Crippen molar-refractivity contribution in [3.8, 4) is 0 Å². The van der Waals surface area contributed by atoms with Gasteiger partial charge in [-0.1, -0.05) is 50.1 Å². The van der Waals surface area contributed by atoms with Gasteiger partial charge in [0.2, 0.25) is 15.9 Å². The van der Waals surface area contributed by atoms with E-state index in [4.69, 9.17) is 0 Å². The van der Waals surface area contributed by atoms with E-state index in [0.717, 1.165) is 24.8 Å². The first-order valence-corrected chi connectivity index (χ1v) is 10.7. The molecule has 1 aromatic rings. The van der Waals surface area contributed by atoms with E-state index in [9.17, 15) is 13.2 Å². The van der Waals surface area contributed by atoms with E-state index < -0.39 is 10.0 Å². The van der Waals surface area contributed by atoms with Crippen LogP contribution in [0.2, 0.25) is 0 Å². The minimum atomic E-state index is -3.43. The van der Waals surface area contributed by atoms with Crippen molar-refractivity contribution in [2.75, 3.05) is 39.3 Å². The number of nitrogens with one attached hydrogen (secondary N) is 1. The molecule has 0 spiro atoms. The summed E-state index contributed by atoms with van der Waals surface area (Å²) in [7, 11) is -3.43. The first-order valence-electron chi connectivity index (χ1n) is 9.23. The Hall–Kier alpha value is -1.70. The Balaban J connectivity index is 1.76. The Morgan fingerprint density at radius 1 is 1.12 bits per heavy atom. The van der Waals surface area contributed by atoms with Crippen molar-refractivity contribution < 1.29 is 13.2 Å². The van der Waals surface area contributed by atoms with Gasteiger partial charge in [-0.25, -0.2) is 8.42 Å². The Morgan fingerprint density at radius 2 is 1.81 bits per heavy atom. The number of nitrogens with zero attached hydrogens (tertiary/aromatic N) is 2. The molecule has 1 amide bonds. The van der Waals surface area contributed by atoms with Crippen LogP contribution in [0.4, 0.5) is 0 Å². The third kappa shape index (κ3) is 6.90. The van der Waals surface area contributed by atoms with Gasteiger partial charge < -0.3 is 5.32 Å². The van der Waals surface area contributed by atoms with Crippen LogP contribution < -0.4 is 5.32 Å².